The number of nitrogens with one attached hydrogen (secondary N) is 1. The predicted octanol–water partition coefficient (Wildman–Crippen LogP) is 4.60. The van der Waals surface area contributed by atoms with Gasteiger partial charge in [0, 0.05) is 18.7 Å². The number of sulfonamides is 1. The summed E-state index contributed by atoms with van der Waals surface area (Å²) in [6, 6.07) is 12.1. The molecule has 2 aromatic rings. The summed E-state index contributed by atoms with van der Waals surface area (Å²) in [6.07, 6.45) is 4.53. The van der Waals surface area contributed by atoms with Crippen molar-refractivity contribution in [2.75, 3.05) is 18.4 Å². The molecular weight excluding hydrogens is 400 g/mol. The van der Waals surface area contributed by atoms with Crippen LogP contribution in [0.25, 0.3) is 0 Å². The average molecular weight is 431 g/mol. The van der Waals surface area contributed by atoms with Crippen LogP contribution in [0.5, 0.6) is 5.75 Å². The van der Waals surface area contributed by atoms with Crippen molar-refractivity contribution < 1.29 is 17.9 Å². The third-order valence-electron chi connectivity index (χ3n) is 5.50. The Hall–Kier alpha value is -2.38. The van der Waals surface area contributed by atoms with Crippen LogP contribution in [0.3, 0.4) is 0 Å². The topological polar surface area (TPSA) is 75.7 Å². The smallest absolute Gasteiger partial charge is 0.255 e. The van der Waals surface area contributed by atoms with Crippen LogP contribution in [0, 0.1) is 6.92 Å². The Labute approximate surface area is 179 Å². The van der Waals surface area contributed by atoms with Gasteiger partial charge in [-0.2, -0.15) is 4.31 Å². The van der Waals surface area contributed by atoms with Gasteiger partial charge in [0.15, 0.2) is 0 Å². The fourth-order valence-electron chi connectivity index (χ4n) is 3.77. The first-order valence-electron chi connectivity index (χ1n) is 10.5. The summed E-state index contributed by atoms with van der Waals surface area (Å²) in [5.41, 5.74) is 1.49. The lowest BCUT2D eigenvalue weighted by Gasteiger charge is -2.20. The highest BCUT2D eigenvalue weighted by Gasteiger charge is 2.25. The van der Waals surface area contributed by atoms with E-state index >= 15 is 0 Å². The van der Waals surface area contributed by atoms with Crippen molar-refractivity contribution in [2.45, 2.75) is 57.5 Å². The van der Waals surface area contributed by atoms with Gasteiger partial charge in [-0.3, -0.25) is 4.79 Å². The number of aryl methyl sites for hydroxylation is 1. The minimum Gasteiger partial charge on any atom is -0.488 e. The van der Waals surface area contributed by atoms with Crippen LogP contribution in [0.15, 0.2) is 47.4 Å². The zero-order valence-electron chi connectivity index (χ0n) is 17.8. The normalized spacial score (nSPS) is 14.8. The van der Waals surface area contributed by atoms with Crippen molar-refractivity contribution in [1.82, 2.24) is 4.31 Å². The van der Waals surface area contributed by atoms with E-state index in [1.165, 1.54) is 10.4 Å². The second-order valence-corrected chi connectivity index (χ2v) is 9.45. The molecule has 1 N–H and O–H groups in total. The molecule has 3 rings (SSSR count). The van der Waals surface area contributed by atoms with Crippen LogP contribution in [0.1, 0.15) is 55.5 Å². The minimum atomic E-state index is -3.66. The molecule has 6 nitrogen and oxygen atoms in total. The van der Waals surface area contributed by atoms with Gasteiger partial charge in [-0.15, -0.1) is 0 Å². The Bertz CT molecular complexity index is 994. The first-order chi connectivity index (χ1) is 14.4. The number of nitrogens with zero attached hydrogens (tertiary/aromatic N) is 1. The van der Waals surface area contributed by atoms with E-state index in [0.717, 1.165) is 25.7 Å². The van der Waals surface area contributed by atoms with Crippen molar-refractivity contribution in [3.05, 3.63) is 53.6 Å². The molecule has 7 heteroatoms. The fraction of sp³-hybridized carbons (Fsp3) is 0.435. The Morgan fingerprint density at radius 1 is 1.10 bits per heavy atom. The van der Waals surface area contributed by atoms with E-state index in [1.54, 1.807) is 39.0 Å². The summed E-state index contributed by atoms with van der Waals surface area (Å²) in [5.74, 6) is 0.273. The van der Waals surface area contributed by atoms with Crippen LogP contribution in [-0.2, 0) is 10.0 Å². The molecule has 1 aliphatic rings. The van der Waals surface area contributed by atoms with Gasteiger partial charge in [0.05, 0.1) is 16.7 Å². The lowest BCUT2D eigenvalue weighted by atomic mass is 10.1. The summed E-state index contributed by atoms with van der Waals surface area (Å²) in [5, 5.41) is 2.88. The molecule has 0 aromatic heterocycles. The second-order valence-electron chi connectivity index (χ2n) is 7.54. The summed E-state index contributed by atoms with van der Waals surface area (Å²) < 4.78 is 33.4. The third-order valence-corrected chi connectivity index (χ3v) is 7.70. The van der Waals surface area contributed by atoms with Crippen molar-refractivity contribution in [2.24, 2.45) is 0 Å². The zero-order chi connectivity index (χ0) is 21.7. The predicted molar refractivity (Wildman–Crippen MR) is 119 cm³/mol. The van der Waals surface area contributed by atoms with Crippen LogP contribution in [0.4, 0.5) is 5.69 Å². The molecule has 1 amide bonds. The highest BCUT2D eigenvalue weighted by Crippen LogP contribution is 2.30. The molecule has 0 bridgehead atoms. The molecule has 1 fully saturated rings. The number of ether oxygens (including phenoxy) is 1. The van der Waals surface area contributed by atoms with Crippen LogP contribution in [-0.4, -0.2) is 37.8 Å². The molecule has 0 heterocycles. The number of amides is 1. The van der Waals surface area contributed by atoms with Gasteiger partial charge in [-0.25, -0.2) is 8.42 Å². The van der Waals surface area contributed by atoms with E-state index in [2.05, 4.69) is 5.32 Å². The number of hydrogen-bond donors (Lipinski definition) is 1. The van der Waals surface area contributed by atoms with E-state index in [9.17, 15) is 13.2 Å². The number of hydrogen-bond acceptors (Lipinski definition) is 4. The Kier molecular flexibility index (Phi) is 7.15. The molecule has 0 radical (unpaired) electrons. The van der Waals surface area contributed by atoms with E-state index < -0.39 is 10.0 Å². The molecule has 0 atom stereocenters. The van der Waals surface area contributed by atoms with Crippen molar-refractivity contribution in [1.29, 1.82) is 0 Å². The number of rotatable bonds is 8. The zero-order valence-corrected chi connectivity index (χ0v) is 18.7. The molecule has 2 aromatic carbocycles. The minimum absolute atomic E-state index is 0.161. The fourth-order valence-corrected chi connectivity index (χ4v) is 5.48. The molecule has 1 aliphatic carbocycles. The van der Waals surface area contributed by atoms with Gasteiger partial charge in [-0.05, 0) is 62.4 Å². The third kappa shape index (κ3) is 4.84. The quantitative estimate of drug-likeness (QED) is 0.664. The van der Waals surface area contributed by atoms with Crippen LogP contribution in [0.2, 0.25) is 0 Å². The summed E-state index contributed by atoms with van der Waals surface area (Å²) in [7, 11) is -3.66. The maximum atomic E-state index is 13.0. The lowest BCUT2D eigenvalue weighted by Crippen LogP contribution is -2.31. The SMILES string of the molecule is CCN(CC)S(=O)(=O)c1cc(C(=O)Nc2ccccc2OC2CCCC2)ccc1C. The van der Waals surface area contributed by atoms with Gasteiger partial charge in [-0.1, -0.05) is 32.0 Å². The monoisotopic (exact) mass is 430 g/mol. The standard InChI is InChI=1S/C23H30N2O4S/c1-4-25(5-2)30(27,28)22-16-18(15-14-17(22)3)23(26)24-20-12-8-9-13-21(20)29-19-10-6-7-11-19/h8-9,12-16,19H,4-7,10-11H2,1-3H3,(H,24,26). The van der Waals surface area contributed by atoms with Gasteiger partial charge in [0.2, 0.25) is 10.0 Å². The molecule has 30 heavy (non-hydrogen) atoms. The lowest BCUT2D eigenvalue weighted by molar-refractivity contribution is 0.102. The summed E-state index contributed by atoms with van der Waals surface area (Å²) in [6.45, 7) is 6.09. The first kappa shape index (κ1) is 22.3. The van der Waals surface area contributed by atoms with Crippen molar-refractivity contribution in [3.8, 4) is 5.75 Å². The molecule has 0 saturated heterocycles. The van der Waals surface area contributed by atoms with E-state index in [1.807, 2.05) is 18.2 Å². The highest BCUT2D eigenvalue weighted by atomic mass is 32.2. The second kappa shape index (κ2) is 9.62. The van der Waals surface area contributed by atoms with E-state index in [0.29, 0.717) is 35.7 Å². The van der Waals surface area contributed by atoms with Gasteiger partial charge < -0.3 is 10.1 Å². The average Bonchev–Trinajstić information content (AvgIpc) is 3.23. The summed E-state index contributed by atoms with van der Waals surface area (Å²) >= 11 is 0. The van der Waals surface area contributed by atoms with Crippen molar-refractivity contribution in [3.63, 3.8) is 0 Å². The number of carbonyl (C=O) groups excluding carboxylic acids is 1. The van der Waals surface area contributed by atoms with E-state index in [4.69, 9.17) is 4.74 Å². The molecule has 1 saturated carbocycles. The number of carbonyl (C=O) groups is 1. The van der Waals surface area contributed by atoms with Crippen LogP contribution < -0.4 is 10.1 Å². The number of benzene rings is 2. The van der Waals surface area contributed by atoms with E-state index in [-0.39, 0.29) is 16.9 Å². The van der Waals surface area contributed by atoms with Crippen molar-refractivity contribution >= 4 is 21.6 Å². The van der Waals surface area contributed by atoms with Gasteiger partial charge in [0.1, 0.15) is 5.75 Å². The molecule has 0 spiro atoms. The van der Waals surface area contributed by atoms with Crippen LogP contribution >= 0.6 is 0 Å². The Morgan fingerprint density at radius 3 is 2.43 bits per heavy atom. The molecule has 0 aliphatic heterocycles. The maximum absolute atomic E-state index is 13.0. The van der Waals surface area contributed by atoms with Gasteiger partial charge >= 0.3 is 0 Å². The molecular formula is C23H30N2O4S. The highest BCUT2D eigenvalue weighted by molar-refractivity contribution is 7.89. The summed E-state index contributed by atoms with van der Waals surface area (Å²) in [4.78, 5) is 13.1. The molecule has 162 valence electrons. The molecule has 0 unspecified atom stereocenters. The first-order valence-corrected chi connectivity index (χ1v) is 12.0. The maximum Gasteiger partial charge on any atom is 0.255 e. The largest absolute Gasteiger partial charge is 0.488 e. The Balaban J connectivity index is 1.85. The Morgan fingerprint density at radius 2 is 1.77 bits per heavy atom. The number of anilines is 1. The number of para-hydroxylation sites is 2. The van der Waals surface area contributed by atoms with Gasteiger partial charge in [0.25, 0.3) is 5.91 Å².